The molecular formula is C11H18O4. The first-order valence-corrected chi connectivity index (χ1v) is 5.27. The average Bonchev–Trinajstić information content (AvgIpc) is 2.87. The van der Waals surface area contributed by atoms with Crippen molar-refractivity contribution in [3.8, 4) is 0 Å². The fraction of sp³-hybridized carbons (Fsp3) is 0.818. The van der Waals surface area contributed by atoms with Gasteiger partial charge in [0.05, 0.1) is 5.92 Å². The highest BCUT2D eigenvalue weighted by molar-refractivity contribution is 5.83. The SMILES string of the molecule is CC(C)C(=O)OC(C)(C)C(=O)OC1CC1. The number of carbonyl (C=O) groups is 2. The van der Waals surface area contributed by atoms with Crippen molar-refractivity contribution in [2.45, 2.75) is 52.2 Å². The Morgan fingerprint density at radius 3 is 2.20 bits per heavy atom. The largest absolute Gasteiger partial charge is 0.459 e. The molecule has 1 rings (SSSR count). The van der Waals surface area contributed by atoms with Gasteiger partial charge in [0.2, 0.25) is 5.60 Å². The van der Waals surface area contributed by atoms with Crippen molar-refractivity contribution in [3.05, 3.63) is 0 Å². The van der Waals surface area contributed by atoms with Crippen molar-refractivity contribution in [3.63, 3.8) is 0 Å². The third-order valence-corrected chi connectivity index (χ3v) is 2.12. The van der Waals surface area contributed by atoms with Crippen molar-refractivity contribution in [2.75, 3.05) is 0 Å². The fourth-order valence-corrected chi connectivity index (χ4v) is 0.890. The molecule has 0 unspecified atom stereocenters. The van der Waals surface area contributed by atoms with Crippen LogP contribution in [0.3, 0.4) is 0 Å². The van der Waals surface area contributed by atoms with Crippen molar-refractivity contribution in [1.82, 2.24) is 0 Å². The topological polar surface area (TPSA) is 52.6 Å². The summed E-state index contributed by atoms with van der Waals surface area (Å²) in [6.07, 6.45) is 1.87. The first kappa shape index (κ1) is 12.0. The van der Waals surface area contributed by atoms with Crippen LogP contribution >= 0.6 is 0 Å². The normalized spacial score (nSPS) is 16.3. The lowest BCUT2D eigenvalue weighted by Crippen LogP contribution is -2.40. The van der Waals surface area contributed by atoms with E-state index in [0.29, 0.717) is 0 Å². The third kappa shape index (κ3) is 3.53. The van der Waals surface area contributed by atoms with Gasteiger partial charge in [-0.25, -0.2) is 4.79 Å². The van der Waals surface area contributed by atoms with Gasteiger partial charge in [-0.15, -0.1) is 0 Å². The number of esters is 2. The monoisotopic (exact) mass is 214 g/mol. The van der Waals surface area contributed by atoms with Crippen LogP contribution < -0.4 is 0 Å². The van der Waals surface area contributed by atoms with Gasteiger partial charge in [0.1, 0.15) is 6.10 Å². The molecule has 86 valence electrons. The zero-order valence-corrected chi connectivity index (χ0v) is 9.70. The second kappa shape index (κ2) is 4.21. The Hall–Kier alpha value is -1.06. The van der Waals surface area contributed by atoms with Gasteiger partial charge >= 0.3 is 11.9 Å². The predicted octanol–water partition coefficient (Wildman–Crippen LogP) is 1.67. The van der Waals surface area contributed by atoms with Crippen LogP contribution in [0.15, 0.2) is 0 Å². The van der Waals surface area contributed by atoms with E-state index >= 15 is 0 Å². The van der Waals surface area contributed by atoms with Gasteiger partial charge in [0.15, 0.2) is 0 Å². The van der Waals surface area contributed by atoms with E-state index in [2.05, 4.69) is 0 Å². The second-order valence-electron chi connectivity index (χ2n) is 4.69. The van der Waals surface area contributed by atoms with Gasteiger partial charge in [-0.1, -0.05) is 13.8 Å². The Bertz CT molecular complexity index is 264. The molecule has 0 aromatic heterocycles. The highest BCUT2D eigenvalue weighted by Crippen LogP contribution is 2.26. The van der Waals surface area contributed by atoms with Gasteiger partial charge in [-0.3, -0.25) is 4.79 Å². The summed E-state index contributed by atoms with van der Waals surface area (Å²) in [7, 11) is 0. The molecule has 1 aliphatic carbocycles. The Labute approximate surface area is 89.9 Å². The molecule has 0 amide bonds. The summed E-state index contributed by atoms with van der Waals surface area (Å²) in [5, 5.41) is 0. The Morgan fingerprint density at radius 1 is 1.27 bits per heavy atom. The van der Waals surface area contributed by atoms with Crippen molar-refractivity contribution < 1.29 is 19.1 Å². The molecule has 4 heteroatoms. The van der Waals surface area contributed by atoms with Crippen molar-refractivity contribution >= 4 is 11.9 Å². The summed E-state index contributed by atoms with van der Waals surface area (Å²) in [4.78, 5) is 22.9. The molecule has 0 spiro atoms. The van der Waals surface area contributed by atoms with Crippen LogP contribution in [0.5, 0.6) is 0 Å². The molecule has 0 aliphatic heterocycles. The number of hydrogen-bond donors (Lipinski definition) is 0. The minimum absolute atomic E-state index is 0.0366. The molecule has 1 aliphatic rings. The number of ether oxygens (including phenoxy) is 2. The molecule has 1 fully saturated rings. The zero-order chi connectivity index (χ0) is 11.6. The summed E-state index contributed by atoms with van der Waals surface area (Å²) in [6, 6.07) is 0. The molecule has 0 aromatic carbocycles. The standard InChI is InChI=1S/C11H18O4/c1-7(2)9(12)15-11(3,4)10(13)14-8-5-6-8/h7-8H,5-6H2,1-4H3. The number of carbonyl (C=O) groups excluding carboxylic acids is 2. The van der Waals surface area contributed by atoms with Crippen LogP contribution in [0.2, 0.25) is 0 Å². The molecule has 0 saturated heterocycles. The Balaban J connectivity index is 2.48. The van der Waals surface area contributed by atoms with Crippen molar-refractivity contribution in [2.24, 2.45) is 5.92 Å². The number of hydrogen-bond acceptors (Lipinski definition) is 4. The first-order valence-electron chi connectivity index (χ1n) is 5.27. The molecule has 0 bridgehead atoms. The quantitative estimate of drug-likeness (QED) is 0.668. The molecule has 15 heavy (non-hydrogen) atoms. The van der Waals surface area contributed by atoms with Gasteiger partial charge in [0, 0.05) is 0 Å². The van der Waals surface area contributed by atoms with E-state index in [0.717, 1.165) is 12.8 Å². The molecule has 0 radical (unpaired) electrons. The maximum Gasteiger partial charge on any atom is 0.350 e. The Kier molecular flexibility index (Phi) is 3.37. The molecule has 0 N–H and O–H groups in total. The highest BCUT2D eigenvalue weighted by Gasteiger charge is 2.38. The summed E-state index contributed by atoms with van der Waals surface area (Å²) < 4.78 is 10.2. The molecular weight excluding hydrogens is 196 g/mol. The molecule has 0 aromatic rings. The molecule has 4 nitrogen and oxygen atoms in total. The lowest BCUT2D eigenvalue weighted by atomic mass is 10.1. The van der Waals surface area contributed by atoms with Gasteiger partial charge < -0.3 is 9.47 Å². The van der Waals surface area contributed by atoms with Crippen LogP contribution in [0.4, 0.5) is 0 Å². The molecule has 0 heterocycles. The summed E-state index contributed by atoms with van der Waals surface area (Å²) in [6.45, 7) is 6.56. The third-order valence-electron chi connectivity index (χ3n) is 2.12. The van der Waals surface area contributed by atoms with Crippen LogP contribution in [0.1, 0.15) is 40.5 Å². The van der Waals surface area contributed by atoms with E-state index in [1.165, 1.54) is 0 Å². The van der Waals surface area contributed by atoms with E-state index in [1.807, 2.05) is 0 Å². The fourth-order valence-electron chi connectivity index (χ4n) is 0.890. The van der Waals surface area contributed by atoms with E-state index in [1.54, 1.807) is 27.7 Å². The first-order chi connectivity index (χ1) is 6.83. The second-order valence-corrected chi connectivity index (χ2v) is 4.69. The van der Waals surface area contributed by atoms with E-state index in [4.69, 9.17) is 9.47 Å². The average molecular weight is 214 g/mol. The summed E-state index contributed by atoms with van der Waals surface area (Å²) in [5.41, 5.74) is -1.18. The summed E-state index contributed by atoms with van der Waals surface area (Å²) in [5.74, 6) is -1.08. The van der Waals surface area contributed by atoms with Crippen LogP contribution in [-0.2, 0) is 19.1 Å². The lowest BCUT2D eigenvalue weighted by molar-refractivity contribution is -0.181. The molecule has 0 atom stereocenters. The Morgan fingerprint density at radius 2 is 1.80 bits per heavy atom. The van der Waals surface area contributed by atoms with Gasteiger partial charge in [-0.05, 0) is 26.7 Å². The number of rotatable bonds is 4. The highest BCUT2D eigenvalue weighted by atomic mass is 16.6. The smallest absolute Gasteiger partial charge is 0.350 e. The molecule has 1 saturated carbocycles. The van der Waals surface area contributed by atoms with Gasteiger partial charge in [-0.2, -0.15) is 0 Å². The van der Waals surface area contributed by atoms with Gasteiger partial charge in [0.25, 0.3) is 0 Å². The van der Waals surface area contributed by atoms with E-state index < -0.39 is 11.6 Å². The van der Waals surface area contributed by atoms with Crippen molar-refractivity contribution in [1.29, 1.82) is 0 Å². The minimum Gasteiger partial charge on any atom is -0.459 e. The zero-order valence-electron chi connectivity index (χ0n) is 9.70. The van der Waals surface area contributed by atoms with Crippen LogP contribution in [0, 0.1) is 5.92 Å². The minimum atomic E-state index is -1.18. The predicted molar refractivity (Wildman–Crippen MR) is 54.1 cm³/mol. The maximum absolute atomic E-state index is 11.6. The maximum atomic E-state index is 11.6. The lowest BCUT2D eigenvalue weighted by Gasteiger charge is -2.23. The van der Waals surface area contributed by atoms with Crippen LogP contribution in [-0.4, -0.2) is 23.6 Å². The van der Waals surface area contributed by atoms with E-state index in [9.17, 15) is 9.59 Å². The summed E-state index contributed by atoms with van der Waals surface area (Å²) >= 11 is 0. The van der Waals surface area contributed by atoms with E-state index in [-0.39, 0.29) is 18.0 Å². The van der Waals surface area contributed by atoms with Crippen LogP contribution in [0.25, 0.3) is 0 Å².